The Balaban J connectivity index is 3.98. The molecular formula is C12H27N3O. The van der Waals surface area contributed by atoms with Crippen LogP contribution in [0.15, 0.2) is 0 Å². The molecule has 0 aromatic carbocycles. The molecule has 0 spiro atoms. The van der Waals surface area contributed by atoms with Crippen molar-refractivity contribution in [3.63, 3.8) is 0 Å². The second-order valence-corrected chi connectivity index (χ2v) is 4.68. The average Bonchev–Trinajstić information content (AvgIpc) is 2.23. The lowest BCUT2D eigenvalue weighted by molar-refractivity contribution is -0.131. The molecule has 1 amide bonds. The normalized spacial score (nSPS) is 11.2. The minimum Gasteiger partial charge on any atom is -0.345 e. The summed E-state index contributed by atoms with van der Waals surface area (Å²) < 4.78 is 0. The van der Waals surface area contributed by atoms with Gasteiger partial charge in [-0.3, -0.25) is 9.69 Å². The quantitative estimate of drug-likeness (QED) is 0.669. The predicted octanol–water partition coefficient (Wildman–Crippen LogP) is 0.772. The number of amides is 1. The zero-order chi connectivity index (χ0) is 12.6. The standard InChI is InChI=1S/C12H27N3O/c1-5-15(9-11(2)3)10-12(16)14(4)8-6-7-13/h11H,5-10,13H2,1-4H3. The summed E-state index contributed by atoms with van der Waals surface area (Å²) >= 11 is 0. The molecule has 0 aromatic rings. The van der Waals surface area contributed by atoms with Gasteiger partial charge >= 0.3 is 0 Å². The SMILES string of the molecule is CCN(CC(=O)N(C)CCCN)CC(C)C. The summed E-state index contributed by atoms with van der Waals surface area (Å²) in [6.07, 6.45) is 0.874. The molecule has 0 aliphatic heterocycles. The number of likely N-dealkylation sites (N-methyl/N-ethyl adjacent to an activating group) is 2. The van der Waals surface area contributed by atoms with Gasteiger partial charge in [-0.15, -0.1) is 0 Å². The van der Waals surface area contributed by atoms with Crippen LogP contribution >= 0.6 is 0 Å². The van der Waals surface area contributed by atoms with Gasteiger partial charge in [-0.1, -0.05) is 20.8 Å². The number of hydrogen-bond donors (Lipinski definition) is 1. The van der Waals surface area contributed by atoms with Gasteiger partial charge in [0.05, 0.1) is 6.54 Å². The average molecular weight is 229 g/mol. The van der Waals surface area contributed by atoms with E-state index in [0.717, 1.165) is 26.1 Å². The summed E-state index contributed by atoms with van der Waals surface area (Å²) in [5.41, 5.74) is 5.42. The van der Waals surface area contributed by atoms with E-state index in [0.29, 0.717) is 19.0 Å². The molecule has 0 saturated carbocycles. The van der Waals surface area contributed by atoms with Gasteiger partial charge in [0.2, 0.25) is 5.91 Å². The maximum atomic E-state index is 11.8. The molecule has 4 nitrogen and oxygen atoms in total. The van der Waals surface area contributed by atoms with Crippen LogP contribution in [0.2, 0.25) is 0 Å². The van der Waals surface area contributed by atoms with Gasteiger partial charge in [0.15, 0.2) is 0 Å². The zero-order valence-corrected chi connectivity index (χ0v) is 11.2. The van der Waals surface area contributed by atoms with E-state index >= 15 is 0 Å². The first kappa shape index (κ1) is 15.4. The van der Waals surface area contributed by atoms with Crippen LogP contribution in [0.25, 0.3) is 0 Å². The predicted molar refractivity (Wildman–Crippen MR) is 68.3 cm³/mol. The number of rotatable bonds is 8. The fraction of sp³-hybridized carbons (Fsp3) is 0.917. The number of carbonyl (C=O) groups excluding carboxylic acids is 1. The minimum atomic E-state index is 0.191. The van der Waals surface area contributed by atoms with E-state index in [1.165, 1.54) is 0 Å². The van der Waals surface area contributed by atoms with Crippen LogP contribution in [-0.2, 0) is 4.79 Å². The van der Waals surface area contributed by atoms with Gasteiger partial charge < -0.3 is 10.6 Å². The van der Waals surface area contributed by atoms with Crippen LogP contribution in [0.5, 0.6) is 0 Å². The van der Waals surface area contributed by atoms with Crippen LogP contribution in [-0.4, -0.2) is 55.5 Å². The van der Waals surface area contributed by atoms with Gasteiger partial charge in [0.25, 0.3) is 0 Å². The van der Waals surface area contributed by atoms with Gasteiger partial charge in [-0.05, 0) is 25.4 Å². The monoisotopic (exact) mass is 229 g/mol. The molecule has 96 valence electrons. The van der Waals surface area contributed by atoms with Crippen molar-refractivity contribution in [3.8, 4) is 0 Å². The third kappa shape index (κ3) is 6.80. The lowest BCUT2D eigenvalue weighted by atomic mass is 10.2. The van der Waals surface area contributed by atoms with Crippen molar-refractivity contribution < 1.29 is 4.79 Å². The fourth-order valence-electron chi connectivity index (χ4n) is 1.59. The molecule has 0 saturated heterocycles. The van der Waals surface area contributed by atoms with E-state index in [1.54, 1.807) is 4.90 Å². The van der Waals surface area contributed by atoms with Crippen molar-refractivity contribution in [2.45, 2.75) is 27.2 Å². The van der Waals surface area contributed by atoms with Crippen molar-refractivity contribution >= 4 is 5.91 Å². The highest BCUT2D eigenvalue weighted by atomic mass is 16.2. The summed E-state index contributed by atoms with van der Waals surface area (Å²) in [7, 11) is 1.85. The summed E-state index contributed by atoms with van der Waals surface area (Å²) in [6, 6.07) is 0. The second kappa shape index (κ2) is 8.53. The Bertz CT molecular complexity index is 195. The first-order chi connectivity index (χ1) is 7.51. The van der Waals surface area contributed by atoms with Crippen molar-refractivity contribution in [1.82, 2.24) is 9.80 Å². The summed E-state index contributed by atoms with van der Waals surface area (Å²) in [4.78, 5) is 15.8. The molecular weight excluding hydrogens is 202 g/mol. The van der Waals surface area contributed by atoms with Crippen molar-refractivity contribution in [3.05, 3.63) is 0 Å². The summed E-state index contributed by atoms with van der Waals surface area (Å²) in [5.74, 6) is 0.790. The number of nitrogens with two attached hydrogens (primary N) is 1. The number of nitrogens with zero attached hydrogens (tertiary/aromatic N) is 2. The molecule has 0 bridgehead atoms. The van der Waals surface area contributed by atoms with Gasteiger partial charge in [-0.2, -0.15) is 0 Å². The molecule has 0 unspecified atom stereocenters. The highest BCUT2D eigenvalue weighted by Crippen LogP contribution is 1.99. The second-order valence-electron chi connectivity index (χ2n) is 4.68. The third-order valence-corrected chi connectivity index (χ3v) is 2.55. The van der Waals surface area contributed by atoms with E-state index in [2.05, 4.69) is 25.7 Å². The molecule has 0 atom stereocenters. The Morgan fingerprint density at radius 3 is 2.44 bits per heavy atom. The lowest BCUT2D eigenvalue weighted by Gasteiger charge is -2.25. The molecule has 2 N–H and O–H groups in total. The Morgan fingerprint density at radius 2 is 2.00 bits per heavy atom. The highest BCUT2D eigenvalue weighted by Gasteiger charge is 2.13. The molecule has 0 aliphatic rings. The first-order valence-electron chi connectivity index (χ1n) is 6.17. The zero-order valence-electron chi connectivity index (χ0n) is 11.2. The van der Waals surface area contributed by atoms with Crippen LogP contribution in [0.3, 0.4) is 0 Å². The van der Waals surface area contributed by atoms with E-state index < -0.39 is 0 Å². The van der Waals surface area contributed by atoms with E-state index in [1.807, 2.05) is 7.05 Å². The topological polar surface area (TPSA) is 49.6 Å². The van der Waals surface area contributed by atoms with Gasteiger partial charge in [0, 0.05) is 20.1 Å². The van der Waals surface area contributed by atoms with Crippen LogP contribution in [0.4, 0.5) is 0 Å². The van der Waals surface area contributed by atoms with Crippen molar-refractivity contribution in [2.24, 2.45) is 11.7 Å². The van der Waals surface area contributed by atoms with Crippen molar-refractivity contribution in [2.75, 3.05) is 39.8 Å². The summed E-state index contributed by atoms with van der Waals surface area (Å²) in [6.45, 7) is 10.3. The van der Waals surface area contributed by atoms with Crippen molar-refractivity contribution in [1.29, 1.82) is 0 Å². The fourth-order valence-corrected chi connectivity index (χ4v) is 1.59. The lowest BCUT2D eigenvalue weighted by Crippen LogP contribution is -2.40. The molecule has 0 rings (SSSR count). The van der Waals surface area contributed by atoms with Crippen LogP contribution in [0, 0.1) is 5.92 Å². The summed E-state index contributed by atoms with van der Waals surface area (Å²) in [5, 5.41) is 0. The van der Waals surface area contributed by atoms with E-state index in [9.17, 15) is 4.79 Å². The molecule has 16 heavy (non-hydrogen) atoms. The molecule has 4 heteroatoms. The Hall–Kier alpha value is -0.610. The Kier molecular flexibility index (Phi) is 8.21. The van der Waals surface area contributed by atoms with Gasteiger partial charge in [-0.25, -0.2) is 0 Å². The number of hydrogen-bond acceptors (Lipinski definition) is 3. The van der Waals surface area contributed by atoms with Gasteiger partial charge in [0.1, 0.15) is 0 Å². The molecule has 0 radical (unpaired) electrons. The van der Waals surface area contributed by atoms with E-state index in [-0.39, 0.29) is 5.91 Å². The van der Waals surface area contributed by atoms with E-state index in [4.69, 9.17) is 5.73 Å². The molecule has 0 aliphatic carbocycles. The Labute approximate surface area is 99.8 Å². The molecule has 0 aromatic heterocycles. The third-order valence-electron chi connectivity index (χ3n) is 2.55. The maximum absolute atomic E-state index is 11.8. The maximum Gasteiger partial charge on any atom is 0.236 e. The van der Waals surface area contributed by atoms with Crippen LogP contribution in [0.1, 0.15) is 27.2 Å². The largest absolute Gasteiger partial charge is 0.345 e. The molecule has 0 fully saturated rings. The highest BCUT2D eigenvalue weighted by molar-refractivity contribution is 5.77. The first-order valence-corrected chi connectivity index (χ1v) is 6.17. The van der Waals surface area contributed by atoms with Crippen LogP contribution < -0.4 is 5.73 Å². The minimum absolute atomic E-state index is 0.191. The smallest absolute Gasteiger partial charge is 0.236 e. The number of carbonyl (C=O) groups is 1. The Morgan fingerprint density at radius 1 is 1.38 bits per heavy atom. The molecule has 0 heterocycles.